The molecule has 1 aromatic carbocycles. The molecule has 1 heterocycles. The summed E-state index contributed by atoms with van der Waals surface area (Å²) in [6, 6.07) is 10.9. The fraction of sp³-hybridized carbons (Fsp3) is 0.200. The van der Waals surface area contributed by atoms with Crippen molar-refractivity contribution in [3.63, 3.8) is 0 Å². The number of rotatable bonds is 4. The van der Waals surface area contributed by atoms with Crippen molar-refractivity contribution in [1.29, 1.82) is 0 Å². The van der Waals surface area contributed by atoms with Crippen LogP contribution < -0.4 is 0 Å². The zero-order valence-corrected chi connectivity index (χ0v) is 13.6. The van der Waals surface area contributed by atoms with E-state index in [1.807, 2.05) is 31.2 Å². The van der Waals surface area contributed by atoms with Crippen LogP contribution in [0.3, 0.4) is 0 Å². The van der Waals surface area contributed by atoms with E-state index in [4.69, 9.17) is 0 Å². The monoisotopic (exact) mass is 351 g/mol. The predicted octanol–water partition coefficient (Wildman–Crippen LogP) is 3.66. The van der Waals surface area contributed by atoms with Crippen LogP contribution in [0.1, 0.15) is 20.8 Å². The minimum atomic E-state index is -0.488. The summed E-state index contributed by atoms with van der Waals surface area (Å²) in [5.41, 5.74) is 1.49. The highest BCUT2D eigenvalue weighted by Gasteiger charge is 2.20. The van der Waals surface area contributed by atoms with Crippen LogP contribution in [-0.4, -0.2) is 23.6 Å². The molecule has 1 amide bonds. The van der Waals surface area contributed by atoms with E-state index in [9.17, 15) is 9.59 Å². The molecule has 0 spiro atoms. The van der Waals surface area contributed by atoms with Gasteiger partial charge in [-0.3, -0.25) is 9.59 Å². The van der Waals surface area contributed by atoms with Gasteiger partial charge in [-0.15, -0.1) is 11.3 Å². The lowest BCUT2D eigenvalue weighted by Crippen LogP contribution is -2.32. The van der Waals surface area contributed by atoms with Crippen LogP contribution in [-0.2, 0) is 11.3 Å². The molecule has 2 aromatic rings. The number of Topliss-reactive ketones (excluding diaryl/α,β-unsaturated/α-hetero) is 1. The summed E-state index contributed by atoms with van der Waals surface area (Å²) in [5, 5.41) is 0. The first-order valence-corrected chi connectivity index (χ1v) is 7.69. The molecule has 1 aromatic heterocycles. The Bertz CT molecular complexity index is 634. The van der Waals surface area contributed by atoms with Crippen molar-refractivity contribution in [2.24, 2.45) is 0 Å². The van der Waals surface area contributed by atoms with Crippen molar-refractivity contribution in [3.05, 3.63) is 56.2 Å². The lowest BCUT2D eigenvalue weighted by molar-refractivity contribution is -0.125. The summed E-state index contributed by atoms with van der Waals surface area (Å²) in [7, 11) is 1.64. The molecule has 0 aliphatic rings. The molecule has 0 radical (unpaired) electrons. The van der Waals surface area contributed by atoms with Crippen molar-refractivity contribution in [2.75, 3.05) is 7.05 Å². The summed E-state index contributed by atoms with van der Waals surface area (Å²) in [6.45, 7) is 2.38. The zero-order valence-electron chi connectivity index (χ0n) is 11.2. The number of thiophene rings is 1. The van der Waals surface area contributed by atoms with Crippen LogP contribution >= 0.6 is 27.3 Å². The maximum Gasteiger partial charge on any atom is 0.295 e. The fourth-order valence-corrected chi connectivity index (χ4v) is 3.28. The molecule has 0 atom stereocenters. The molecule has 104 valence electrons. The molecule has 2 rings (SSSR count). The van der Waals surface area contributed by atoms with Gasteiger partial charge in [0.1, 0.15) is 0 Å². The van der Waals surface area contributed by atoms with Crippen molar-refractivity contribution >= 4 is 39.0 Å². The van der Waals surface area contributed by atoms with Gasteiger partial charge in [-0.1, -0.05) is 29.8 Å². The maximum absolute atomic E-state index is 12.1. The molecular formula is C15H14BrNO2S. The zero-order chi connectivity index (χ0) is 14.7. The second kappa shape index (κ2) is 6.33. The molecule has 0 aliphatic heterocycles. The van der Waals surface area contributed by atoms with E-state index in [2.05, 4.69) is 15.9 Å². The smallest absolute Gasteiger partial charge is 0.295 e. The highest BCUT2D eigenvalue weighted by Crippen LogP contribution is 2.23. The molecule has 0 N–H and O–H groups in total. The number of carbonyl (C=O) groups is 2. The average Bonchev–Trinajstić information content (AvgIpc) is 2.83. The largest absolute Gasteiger partial charge is 0.334 e. The lowest BCUT2D eigenvalue weighted by atomic mass is 10.1. The van der Waals surface area contributed by atoms with Gasteiger partial charge < -0.3 is 4.90 Å². The summed E-state index contributed by atoms with van der Waals surface area (Å²) < 4.78 is 1.01. The van der Waals surface area contributed by atoms with Gasteiger partial charge in [-0.25, -0.2) is 0 Å². The Kier molecular flexibility index (Phi) is 4.73. The SMILES string of the molecule is Cc1ccc(C(=O)C(=O)N(C)Cc2ccc(Br)s2)cc1. The van der Waals surface area contributed by atoms with Crippen LogP contribution in [0.4, 0.5) is 0 Å². The van der Waals surface area contributed by atoms with Crippen LogP contribution in [0.5, 0.6) is 0 Å². The maximum atomic E-state index is 12.1. The highest BCUT2D eigenvalue weighted by molar-refractivity contribution is 9.11. The molecule has 0 aliphatic carbocycles. The molecule has 5 heteroatoms. The van der Waals surface area contributed by atoms with Crippen molar-refractivity contribution in [2.45, 2.75) is 13.5 Å². The second-order valence-electron chi connectivity index (χ2n) is 4.56. The topological polar surface area (TPSA) is 37.4 Å². The van der Waals surface area contributed by atoms with E-state index in [0.29, 0.717) is 12.1 Å². The van der Waals surface area contributed by atoms with Crippen LogP contribution in [0.15, 0.2) is 40.2 Å². The fourth-order valence-electron chi connectivity index (χ4n) is 1.74. The average molecular weight is 352 g/mol. The van der Waals surface area contributed by atoms with Gasteiger partial charge in [-0.2, -0.15) is 0 Å². The lowest BCUT2D eigenvalue weighted by Gasteiger charge is -2.15. The number of aryl methyl sites for hydroxylation is 1. The minimum absolute atomic E-state index is 0.430. The summed E-state index contributed by atoms with van der Waals surface area (Å²) >= 11 is 4.93. The van der Waals surface area contributed by atoms with Gasteiger partial charge in [0.15, 0.2) is 0 Å². The Hall–Kier alpha value is -1.46. The number of amides is 1. The number of nitrogens with zero attached hydrogens (tertiary/aromatic N) is 1. The Morgan fingerprint density at radius 3 is 2.35 bits per heavy atom. The van der Waals surface area contributed by atoms with E-state index >= 15 is 0 Å². The van der Waals surface area contributed by atoms with Gasteiger partial charge in [0.2, 0.25) is 5.78 Å². The molecular weight excluding hydrogens is 338 g/mol. The summed E-state index contributed by atoms with van der Waals surface area (Å²) in [5.74, 6) is -0.957. The van der Waals surface area contributed by atoms with E-state index in [1.54, 1.807) is 30.5 Å². The summed E-state index contributed by atoms with van der Waals surface area (Å²) in [6.07, 6.45) is 0. The Balaban J connectivity index is 2.06. The normalized spacial score (nSPS) is 10.3. The number of benzene rings is 1. The molecule has 0 bridgehead atoms. The van der Waals surface area contributed by atoms with E-state index in [0.717, 1.165) is 14.2 Å². The Labute approximate surface area is 130 Å². The van der Waals surface area contributed by atoms with E-state index < -0.39 is 11.7 Å². The second-order valence-corrected chi connectivity index (χ2v) is 7.11. The number of likely N-dealkylation sites (N-methyl/N-ethyl adjacent to an activating group) is 1. The summed E-state index contributed by atoms with van der Waals surface area (Å²) in [4.78, 5) is 26.7. The first kappa shape index (κ1) is 14.9. The molecule has 3 nitrogen and oxygen atoms in total. The molecule has 0 fully saturated rings. The van der Waals surface area contributed by atoms with Crippen molar-refractivity contribution in [3.8, 4) is 0 Å². The van der Waals surface area contributed by atoms with Crippen molar-refractivity contribution < 1.29 is 9.59 Å². The van der Waals surface area contributed by atoms with Crippen molar-refractivity contribution in [1.82, 2.24) is 4.90 Å². The molecule has 0 unspecified atom stereocenters. The van der Waals surface area contributed by atoms with Crippen LogP contribution in [0.25, 0.3) is 0 Å². The number of hydrogen-bond acceptors (Lipinski definition) is 3. The Morgan fingerprint density at radius 1 is 1.15 bits per heavy atom. The van der Waals surface area contributed by atoms with Gasteiger partial charge in [0, 0.05) is 17.5 Å². The predicted molar refractivity (Wildman–Crippen MR) is 84.0 cm³/mol. The number of ketones is 1. The standard InChI is InChI=1S/C15H14BrNO2S/c1-10-3-5-11(6-4-10)14(18)15(19)17(2)9-12-7-8-13(16)20-12/h3-8H,9H2,1-2H3. The first-order valence-electron chi connectivity index (χ1n) is 6.08. The molecule has 0 saturated carbocycles. The van der Waals surface area contributed by atoms with Gasteiger partial charge in [0.25, 0.3) is 5.91 Å². The number of carbonyl (C=O) groups excluding carboxylic acids is 2. The quantitative estimate of drug-likeness (QED) is 0.622. The van der Waals surface area contributed by atoms with Gasteiger partial charge in [0.05, 0.1) is 10.3 Å². The number of hydrogen-bond donors (Lipinski definition) is 0. The van der Waals surface area contributed by atoms with Crippen LogP contribution in [0, 0.1) is 6.92 Å². The number of halogens is 1. The first-order chi connectivity index (χ1) is 9.47. The van der Waals surface area contributed by atoms with Crippen LogP contribution in [0.2, 0.25) is 0 Å². The minimum Gasteiger partial charge on any atom is -0.334 e. The van der Waals surface area contributed by atoms with Gasteiger partial charge >= 0.3 is 0 Å². The third-order valence-electron chi connectivity index (χ3n) is 2.88. The third-order valence-corrected chi connectivity index (χ3v) is 4.48. The third kappa shape index (κ3) is 3.55. The highest BCUT2D eigenvalue weighted by atomic mass is 79.9. The van der Waals surface area contributed by atoms with Gasteiger partial charge in [-0.05, 0) is 35.0 Å². The molecule has 20 heavy (non-hydrogen) atoms. The Morgan fingerprint density at radius 2 is 1.80 bits per heavy atom. The van der Waals surface area contributed by atoms with E-state index in [-0.39, 0.29) is 0 Å². The van der Waals surface area contributed by atoms with E-state index in [1.165, 1.54) is 4.90 Å². The molecule has 0 saturated heterocycles.